The number of hydrogen-bond donors (Lipinski definition) is 0. The van der Waals surface area contributed by atoms with E-state index in [1.165, 1.54) is 17.2 Å². The van der Waals surface area contributed by atoms with Gasteiger partial charge in [-0.2, -0.15) is 0 Å². The fraction of sp³-hybridized carbons (Fsp3) is 0.231. The van der Waals surface area contributed by atoms with Crippen LogP contribution in [0.4, 0.5) is 0 Å². The van der Waals surface area contributed by atoms with E-state index in [1.807, 2.05) is 24.3 Å². The predicted molar refractivity (Wildman–Crippen MR) is 68.3 cm³/mol. The van der Waals surface area contributed by atoms with Crippen LogP contribution in [0.5, 0.6) is 0 Å². The highest BCUT2D eigenvalue weighted by Gasteiger charge is 2.30. The quantitative estimate of drug-likeness (QED) is 0.784. The lowest BCUT2D eigenvalue weighted by Crippen LogP contribution is -2.38. The third kappa shape index (κ3) is 2.64. The van der Waals surface area contributed by atoms with E-state index in [-0.39, 0.29) is 11.7 Å². The molecule has 3 nitrogen and oxygen atoms in total. The van der Waals surface area contributed by atoms with Crippen molar-refractivity contribution in [2.75, 3.05) is 7.05 Å². The molecule has 0 N–H and O–H groups in total. The summed E-state index contributed by atoms with van der Waals surface area (Å²) in [5, 5.41) is 0. The lowest BCUT2D eigenvalue weighted by Gasteiger charge is -2.23. The van der Waals surface area contributed by atoms with Crippen LogP contribution in [-0.4, -0.2) is 23.6 Å². The molecule has 88 valence electrons. The average Bonchev–Trinajstić information content (AvgIpc) is 2.32. The number of benzene rings is 1. The predicted octanol–water partition coefficient (Wildman–Crippen LogP) is 2.16. The molecule has 0 saturated heterocycles. The van der Waals surface area contributed by atoms with Gasteiger partial charge in [0.2, 0.25) is 5.91 Å². The third-order valence-electron chi connectivity index (χ3n) is 2.80. The zero-order valence-corrected chi connectivity index (χ0v) is 11.0. The van der Waals surface area contributed by atoms with Crippen LogP contribution in [0.1, 0.15) is 5.56 Å². The van der Waals surface area contributed by atoms with Crippen molar-refractivity contribution >= 4 is 27.6 Å². The molecule has 1 aromatic carbocycles. The third-order valence-corrected chi connectivity index (χ3v) is 3.33. The molecule has 17 heavy (non-hydrogen) atoms. The van der Waals surface area contributed by atoms with Crippen molar-refractivity contribution in [2.45, 2.75) is 6.42 Å². The van der Waals surface area contributed by atoms with Gasteiger partial charge in [0.25, 0.3) is 0 Å². The summed E-state index contributed by atoms with van der Waals surface area (Å²) >= 11 is 3.35. The minimum Gasteiger partial charge on any atom is -0.321 e. The van der Waals surface area contributed by atoms with Gasteiger partial charge in [0.1, 0.15) is 5.92 Å². The number of halogens is 1. The Balaban J connectivity index is 2.18. The molecule has 0 fully saturated rings. The number of hydrogen-bond acceptors (Lipinski definition) is 2. The first-order chi connectivity index (χ1) is 8.08. The topological polar surface area (TPSA) is 37.4 Å². The molecule has 1 atom stereocenters. The number of carbonyl (C=O) groups is 2. The van der Waals surface area contributed by atoms with Gasteiger partial charge in [0.15, 0.2) is 5.78 Å². The van der Waals surface area contributed by atoms with E-state index in [1.54, 1.807) is 7.05 Å². The summed E-state index contributed by atoms with van der Waals surface area (Å²) in [6.07, 6.45) is 3.44. The summed E-state index contributed by atoms with van der Waals surface area (Å²) in [5.74, 6) is -0.831. The average molecular weight is 294 g/mol. The van der Waals surface area contributed by atoms with Gasteiger partial charge in [0.05, 0.1) is 0 Å². The highest BCUT2D eigenvalue weighted by Crippen LogP contribution is 2.18. The van der Waals surface area contributed by atoms with Crippen LogP contribution in [0.15, 0.2) is 41.0 Å². The van der Waals surface area contributed by atoms with E-state index >= 15 is 0 Å². The molecule has 0 aromatic heterocycles. The molecule has 1 heterocycles. The van der Waals surface area contributed by atoms with Crippen molar-refractivity contribution in [3.8, 4) is 0 Å². The molecule has 1 amide bonds. The first-order valence-electron chi connectivity index (χ1n) is 5.31. The Bertz CT molecular complexity index is 479. The Morgan fingerprint density at radius 1 is 1.24 bits per heavy atom. The molecule has 2 rings (SSSR count). The van der Waals surface area contributed by atoms with Crippen molar-refractivity contribution in [1.82, 2.24) is 4.90 Å². The molecule has 1 aliphatic rings. The summed E-state index contributed by atoms with van der Waals surface area (Å²) in [6.45, 7) is 0. The smallest absolute Gasteiger partial charge is 0.237 e. The van der Waals surface area contributed by atoms with Gasteiger partial charge in [-0.1, -0.05) is 28.1 Å². The number of ketones is 1. The van der Waals surface area contributed by atoms with Gasteiger partial charge in [-0.25, -0.2) is 0 Å². The number of nitrogens with zero attached hydrogens (tertiary/aromatic N) is 1. The van der Waals surface area contributed by atoms with Crippen LogP contribution in [0.2, 0.25) is 0 Å². The van der Waals surface area contributed by atoms with Crippen LogP contribution >= 0.6 is 15.9 Å². The molecular weight excluding hydrogens is 282 g/mol. The monoisotopic (exact) mass is 293 g/mol. The summed E-state index contributed by atoms with van der Waals surface area (Å²) in [6, 6.07) is 7.66. The fourth-order valence-electron chi connectivity index (χ4n) is 1.79. The normalized spacial score (nSPS) is 19.9. The molecule has 4 heteroatoms. The number of allylic oxidation sites excluding steroid dienone is 1. The van der Waals surface area contributed by atoms with Crippen molar-refractivity contribution in [1.29, 1.82) is 0 Å². The van der Waals surface area contributed by atoms with E-state index in [0.29, 0.717) is 6.42 Å². The fourth-order valence-corrected chi connectivity index (χ4v) is 2.05. The molecule has 1 unspecified atom stereocenters. The standard InChI is InChI=1S/C13H12BrNO2/c1-15-7-6-12(16)11(13(15)17)8-9-2-4-10(14)5-3-9/h2-7,11H,8H2,1H3. The van der Waals surface area contributed by atoms with Crippen LogP contribution in [-0.2, 0) is 16.0 Å². The number of rotatable bonds is 2. The second-order valence-corrected chi connectivity index (χ2v) is 4.97. The molecule has 1 aromatic rings. The second-order valence-electron chi connectivity index (χ2n) is 4.05. The lowest BCUT2D eigenvalue weighted by atomic mass is 9.92. The Morgan fingerprint density at radius 3 is 2.53 bits per heavy atom. The lowest BCUT2D eigenvalue weighted by molar-refractivity contribution is -0.138. The van der Waals surface area contributed by atoms with Crippen molar-refractivity contribution in [2.24, 2.45) is 5.92 Å². The minimum absolute atomic E-state index is 0.115. The van der Waals surface area contributed by atoms with Crippen LogP contribution < -0.4 is 0 Å². The minimum atomic E-state index is -0.578. The van der Waals surface area contributed by atoms with Gasteiger partial charge >= 0.3 is 0 Å². The Hall–Kier alpha value is -1.42. The van der Waals surface area contributed by atoms with Gasteiger partial charge in [0, 0.05) is 17.7 Å². The van der Waals surface area contributed by atoms with Crippen molar-refractivity contribution in [3.63, 3.8) is 0 Å². The van der Waals surface area contributed by atoms with Gasteiger partial charge in [-0.3, -0.25) is 9.59 Å². The summed E-state index contributed by atoms with van der Waals surface area (Å²) in [7, 11) is 1.67. The van der Waals surface area contributed by atoms with E-state index in [0.717, 1.165) is 10.0 Å². The van der Waals surface area contributed by atoms with Crippen LogP contribution in [0.25, 0.3) is 0 Å². The maximum absolute atomic E-state index is 11.9. The van der Waals surface area contributed by atoms with E-state index in [2.05, 4.69) is 15.9 Å². The Kier molecular flexibility index (Phi) is 3.43. The second kappa shape index (κ2) is 4.84. The highest BCUT2D eigenvalue weighted by molar-refractivity contribution is 9.10. The first kappa shape index (κ1) is 12.0. The maximum Gasteiger partial charge on any atom is 0.237 e. The molecule has 0 aliphatic carbocycles. The molecule has 0 spiro atoms. The van der Waals surface area contributed by atoms with E-state index in [4.69, 9.17) is 0 Å². The zero-order valence-electron chi connectivity index (χ0n) is 9.39. The first-order valence-corrected chi connectivity index (χ1v) is 6.10. The largest absolute Gasteiger partial charge is 0.321 e. The molecule has 0 radical (unpaired) electrons. The van der Waals surface area contributed by atoms with E-state index < -0.39 is 5.92 Å². The van der Waals surface area contributed by atoms with Gasteiger partial charge in [-0.05, 0) is 30.2 Å². The van der Waals surface area contributed by atoms with Crippen molar-refractivity contribution in [3.05, 3.63) is 46.6 Å². The van der Waals surface area contributed by atoms with Gasteiger partial charge in [-0.15, -0.1) is 0 Å². The molecular formula is C13H12BrNO2. The SMILES string of the molecule is CN1C=CC(=O)C(Cc2ccc(Br)cc2)C1=O. The molecule has 0 bridgehead atoms. The van der Waals surface area contributed by atoms with Crippen molar-refractivity contribution < 1.29 is 9.59 Å². The molecule has 0 saturated carbocycles. The van der Waals surface area contributed by atoms with E-state index in [9.17, 15) is 9.59 Å². The Morgan fingerprint density at radius 2 is 1.88 bits per heavy atom. The molecule has 1 aliphatic heterocycles. The van der Waals surface area contributed by atoms with Crippen LogP contribution in [0, 0.1) is 5.92 Å². The Labute approximate surface area is 108 Å². The number of carbonyl (C=O) groups excluding carboxylic acids is 2. The summed E-state index contributed by atoms with van der Waals surface area (Å²) in [5.41, 5.74) is 0.989. The highest BCUT2D eigenvalue weighted by atomic mass is 79.9. The number of amides is 1. The van der Waals surface area contributed by atoms with Crippen LogP contribution in [0.3, 0.4) is 0 Å². The van der Waals surface area contributed by atoms with Gasteiger partial charge < -0.3 is 4.90 Å². The summed E-state index contributed by atoms with van der Waals surface area (Å²) in [4.78, 5) is 25.0. The zero-order chi connectivity index (χ0) is 12.4. The maximum atomic E-state index is 11.9. The summed E-state index contributed by atoms with van der Waals surface area (Å²) < 4.78 is 0.986.